The molecule has 106 valence electrons. The Morgan fingerprint density at radius 3 is 2.33 bits per heavy atom. The summed E-state index contributed by atoms with van der Waals surface area (Å²) in [5.74, 6) is -0.630. The highest BCUT2D eigenvalue weighted by Crippen LogP contribution is 2.39. The van der Waals surface area contributed by atoms with Gasteiger partial charge in [0, 0.05) is 7.11 Å². The standard InChI is InChI=1S/C14H26O4/c1-5-18-13(15)12(10(2)3)14(16)8-6-11(17-4)7-9-14/h10-12,16H,5-9H2,1-4H3. The predicted octanol–water partition coefficient (Wildman–Crippen LogP) is 2.14. The smallest absolute Gasteiger partial charge is 0.312 e. The van der Waals surface area contributed by atoms with Gasteiger partial charge in [-0.2, -0.15) is 0 Å². The zero-order valence-electron chi connectivity index (χ0n) is 11.9. The molecule has 0 saturated heterocycles. The van der Waals surface area contributed by atoms with Crippen molar-refractivity contribution >= 4 is 5.97 Å². The molecule has 1 unspecified atom stereocenters. The minimum absolute atomic E-state index is 0.0770. The first kappa shape index (κ1) is 15.4. The maximum absolute atomic E-state index is 12.0. The minimum atomic E-state index is -0.935. The van der Waals surface area contributed by atoms with E-state index >= 15 is 0 Å². The number of hydrogen-bond acceptors (Lipinski definition) is 4. The van der Waals surface area contributed by atoms with Gasteiger partial charge in [-0.05, 0) is 38.5 Å². The number of esters is 1. The summed E-state index contributed by atoms with van der Waals surface area (Å²) in [4.78, 5) is 12.0. The molecule has 1 saturated carbocycles. The molecule has 1 N–H and O–H groups in total. The lowest BCUT2D eigenvalue weighted by Gasteiger charge is -2.41. The van der Waals surface area contributed by atoms with E-state index in [0.717, 1.165) is 12.8 Å². The predicted molar refractivity (Wildman–Crippen MR) is 69.2 cm³/mol. The van der Waals surface area contributed by atoms with Crippen LogP contribution >= 0.6 is 0 Å². The third kappa shape index (κ3) is 3.45. The molecule has 0 aromatic carbocycles. The first-order valence-electron chi connectivity index (χ1n) is 6.86. The quantitative estimate of drug-likeness (QED) is 0.768. The van der Waals surface area contributed by atoms with Crippen LogP contribution in [0.25, 0.3) is 0 Å². The molecule has 18 heavy (non-hydrogen) atoms. The zero-order chi connectivity index (χ0) is 13.8. The van der Waals surface area contributed by atoms with Gasteiger partial charge in [-0.3, -0.25) is 4.79 Å². The van der Waals surface area contributed by atoms with E-state index in [1.165, 1.54) is 0 Å². The summed E-state index contributed by atoms with van der Waals surface area (Å²) < 4.78 is 10.4. The van der Waals surface area contributed by atoms with Crippen molar-refractivity contribution in [3.8, 4) is 0 Å². The molecule has 0 spiro atoms. The molecule has 4 heteroatoms. The van der Waals surface area contributed by atoms with Crippen molar-refractivity contribution in [1.29, 1.82) is 0 Å². The van der Waals surface area contributed by atoms with Gasteiger partial charge in [-0.1, -0.05) is 13.8 Å². The minimum Gasteiger partial charge on any atom is -0.466 e. The number of carbonyl (C=O) groups is 1. The number of carbonyl (C=O) groups excluding carboxylic acids is 1. The van der Waals surface area contributed by atoms with Crippen molar-refractivity contribution in [2.75, 3.05) is 13.7 Å². The van der Waals surface area contributed by atoms with E-state index in [4.69, 9.17) is 9.47 Å². The van der Waals surface area contributed by atoms with Gasteiger partial charge >= 0.3 is 5.97 Å². The molecule has 1 fully saturated rings. The van der Waals surface area contributed by atoms with E-state index in [-0.39, 0.29) is 18.0 Å². The number of rotatable bonds is 5. The van der Waals surface area contributed by atoms with Crippen LogP contribution in [0, 0.1) is 11.8 Å². The summed E-state index contributed by atoms with van der Waals surface area (Å²) in [5, 5.41) is 10.8. The Morgan fingerprint density at radius 1 is 1.39 bits per heavy atom. The molecule has 1 aliphatic rings. The van der Waals surface area contributed by atoms with Gasteiger partial charge < -0.3 is 14.6 Å². The van der Waals surface area contributed by atoms with Crippen LogP contribution in [0.15, 0.2) is 0 Å². The second-order valence-corrected chi connectivity index (χ2v) is 5.51. The lowest BCUT2D eigenvalue weighted by atomic mass is 9.70. The highest BCUT2D eigenvalue weighted by atomic mass is 16.5. The zero-order valence-corrected chi connectivity index (χ0v) is 11.9. The molecule has 1 atom stereocenters. The van der Waals surface area contributed by atoms with Crippen LogP contribution in [0.2, 0.25) is 0 Å². The second kappa shape index (κ2) is 6.53. The van der Waals surface area contributed by atoms with Crippen molar-refractivity contribution in [2.24, 2.45) is 11.8 Å². The summed E-state index contributed by atoms with van der Waals surface area (Å²) >= 11 is 0. The number of methoxy groups -OCH3 is 1. The van der Waals surface area contributed by atoms with Crippen LogP contribution in [-0.4, -0.2) is 36.5 Å². The first-order valence-corrected chi connectivity index (χ1v) is 6.86. The van der Waals surface area contributed by atoms with Gasteiger partial charge in [0.25, 0.3) is 0 Å². The monoisotopic (exact) mass is 258 g/mol. The Hall–Kier alpha value is -0.610. The Kier molecular flexibility index (Phi) is 5.60. The first-order chi connectivity index (χ1) is 8.44. The van der Waals surface area contributed by atoms with Gasteiger partial charge in [0.1, 0.15) is 0 Å². The van der Waals surface area contributed by atoms with Gasteiger partial charge in [0.05, 0.1) is 24.2 Å². The van der Waals surface area contributed by atoms with E-state index in [9.17, 15) is 9.90 Å². The molecule has 1 rings (SSSR count). The summed E-state index contributed by atoms with van der Waals surface area (Å²) in [6.45, 7) is 6.07. The van der Waals surface area contributed by atoms with Crippen LogP contribution in [0.1, 0.15) is 46.5 Å². The molecule has 0 amide bonds. The average molecular weight is 258 g/mol. The maximum Gasteiger partial charge on any atom is 0.312 e. The Balaban J connectivity index is 2.76. The van der Waals surface area contributed by atoms with Crippen molar-refractivity contribution in [2.45, 2.75) is 58.2 Å². The Morgan fingerprint density at radius 2 is 1.94 bits per heavy atom. The third-order valence-electron chi connectivity index (χ3n) is 3.92. The fourth-order valence-electron chi connectivity index (χ4n) is 2.98. The normalized spacial score (nSPS) is 30.2. The van der Waals surface area contributed by atoms with Gasteiger partial charge in [0.2, 0.25) is 0 Å². The van der Waals surface area contributed by atoms with Crippen LogP contribution in [0.4, 0.5) is 0 Å². The van der Waals surface area contributed by atoms with Crippen LogP contribution in [0.3, 0.4) is 0 Å². The second-order valence-electron chi connectivity index (χ2n) is 5.51. The summed E-state index contributed by atoms with van der Waals surface area (Å²) in [5.41, 5.74) is -0.935. The average Bonchev–Trinajstić information content (AvgIpc) is 2.29. The van der Waals surface area contributed by atoms with E-state index in [1.807, 2.05) is 13.8 Å². The summed E-state index contributed by atoms with van der Waals surface area (Å²) in [6.07, 6.45) is 3.02. The maximum atomic E-state index is 12.0. The molecule has 0 aromatic heterocycles. The van der Waals surface area contributed by atoms with Crippen molar-refractivity contribution in [1.82, 2.24) is 0 Å². The fourth-order valence-corrected chi connectivity index (χ4v) is 2.98. The van der Waals surface area contributed by atoms with Crippen molar-refractivity contribution < 1.29 is 19.4 Å². The topological polar surface area (TPSA) is 55.8 Å². The lowest BCUT2D eigenvalue weighted by molar-refractivity contribution is -0.167. The largest absolute Gasteiger partial charge is 0.466 e. The number of aliphatic hydroxyl groups is 1. The molecule has 0 heterocycles. The van der Waals surface area contributed by atoms with E-state index in [0.29, 0.717) is 19.4 Å². The molecule has 1 aliphatic carbocycles. The van der Waals surface area contributed by atoms with Crippen LogP contribution < -0.4 is 0 Å². The fraction of sp³-hybridized carbons (Fsp3) is 0.929. The van der Waals surface area contributed by atoms with E-state index < -0.39 is 11.5 Å². The van der Waals surface area contributed by atoms with Gasteiger partial charge in [-0.15, -0.1) is 0 Å². The molecule has 0 aliphatic heterocycles. The highest BCUT2D eigenvalue weighted by molar-refractivity contribution is 5.74. The highest BCUT2D eigenvalue weighted by Gasteiger charge is 2.46. The van der Waals surface area contributed by atoms with Crippen LogP contribution in [0.5, 0.6) is 0 Å². The van der Waals surface area contributed by atoms with Gasteiger partial charge in [-0.25, -0.2) is 0 Å². The molecular formula is C14H26O4. The SMILES string of the molecule is CCOC(=O)C(C(C)C)C1(O)CCC(OC)CC1. The van der Waals surface area contributed by atoms with E-state index in [2.05, 4.69) is 0 Å². The van der Waals surface area contributed by atoms with Crippen molar-refractivity contribution in [3.63, 3.8) is 0 Å². The van der Waals surface area contributed by atoms with E-state index in [1.54, 1.807) is 14.0 Å². The molecule has 0 radical (unpaired) electrons. The van der Waals surface area contributed by atoms with Crippen LogP contribution in [-0.2, 0) is 14.3 Å². The molecule has 0 aromatic rings. The molecule has 0 bridgehead atoms. The summed E-state index contributed by atoms with van der Waals surface area (Å²) in [6, 6.07) is 0. The van der Waals surface area contributed by atoms with Gasteiger partial charge in [0.15, 0.2) is 0 Å². The third-order valence-corrected chi connectivity index (χ3v) is 3.92. The Labute approximate surface area is 110 Å². The number of ether oxygens (including phenoxy) is 2. The summed E-state index contributed by atoms with van der Waals surface area (Å²) in [7, 11) is 1.69. The molecule has 4 nitrogen and oxygen atoms in total. The Bertz CT molecular complexity index is 267. The van der Waals surface area contributed by atoms with Crippen molar-refractivity contribution in [3.05, 3.63) is 0 Å². The lowest BCUT2D eigenvalue weighted by Crippen LogP contribution is -2.49. The number of hydrogen-bond donors (Lipinski definition) is 1. The molecular weight excluding hydrogens is 232 g/mol.